The highest BCUT2D eigenvalue weighted by atomic mass is 15.4. The molecule has 1 heterocycles. The first-order valence-electron chi connectivity index (χ1n) is 4.41. The van der Waals surface area contributed by atoms with E-state index in [0.29, 0.717) is 0 Å². The summed E-state index contributed by atoms with van der Waals surface area (Å²) in [4.78, 5) is 0. The molecule has 1 fully saturated rings. The summed E-state index contributed by atoms with van der Waals surface area (Å²) in [5.74, 6) is 3.04. The third-order valence-corrected chi connectivity index (χ3v) is 2.35. The van der Waals surface area contributed by atoms with Crippen LogP contribution >= 0.6 is 0 Å². The maximum atomic E-state index is 5.43. The van der Waals surface area contributed by atoms with Gasteiger partial charge in [-0.15, -0.1) is 6.42 Å². The van der Waals surface area contributed by atoms with Crippen LogP contribution in [0.15, 0.2) is 30.3 Å². The zero-order valence-electron chi connectivity index (χ0n) is 7.33. The van der Waals surface area contributed by atoms with Crippen LogP contribution in [0.1, 0.15) is 11.6 Å². The van der Waals surface area contributed by atoms with Gasteiger partial charge in [0.15, 0.2) is 0 Å². The minimum absolute atomic E-state index is 0.252. The van der Waals surface area contributed by atoms with Crippen molar-refractivity contribution in [2.45, 2.75) is 6.04 Å². The number of terminal acetylenes is 1. The maximum Gasteiger partial charge on any atom is 0.0612 e. The van der Waals surface area contributed by atoms with E-state index in [1.807, 2.05) is 18.2 Å². The summed E-state index contributed by atoms with van der Waals surface area (Å²) >= 11 is 0. The van der Waals surface area contributed by atoms with Gasteiger partial charge in [-0.25, -0.2) is 5.43 Å². The molecule has 2 nitrogen and oxygen atoms in total. The van der Waals surface area contributed by atoms with Crippen molar-refractivity contribution in [3.63, 3.8) is 0 Å². The van der Waals surface area contributed by atoms with Gasteiger partial charge in [0.05, 0.1) is 12.0 Å². The van der Waals surface area contributed by atoms with Gasteiger partial charge in [-0.1, -0.05) is 36.3 Å². The van der Waals surface area contributed by atoms with E-state index >= 15 is 0 Å². The van der Waals surface area contributed by atoms with Gasteiger partial charge in [0.25, 0.3) is 0 Å². The predicted molar refractivity (Wildman–Crippen MR) is 52.6 cm³/mol. The minimum atomic E-state index is 0.252. The Morgan fingerprint density at radius 1 is 1.31 bits per heavy atom. The van der Waals surface area contributed by atoms with Crippen molar-refractivity contribution in [2.75, 3.05) is 6.54 Å². The Hall–Kier alpha value is -1.30. The van der Waals surface area contributed by atoms with Crippen LogP contribution in [0.25, 0.3) is 0 Å². The average molecular weight is 172 g/mol. The molecule has 1 aromatic rings. The smallest absolute Gasteiger partial charge is 0.0612 e. The fourth-order valence-corrected chi connectivity index (χ4v) is 1.63. The van der Waals surface area contributed by atoms with Crippen LogP contribution < -0.4 is 10.9 Å². The van der Waals surface area contributed by atoms with Crippen LogP contribution in [-0.4, -0.2) is 6.54 Å². The largest absolute Gasteiger partial charge is 0.256 e. The fourth-order valence-electron chi connectivity index (χ4n) is 1.63. The number of rotatable bonds is 1. The van der Waals surface area contributed by atoms with Crippen molar-refractivity contribution in [3.05, 3.63) is 35.9 Å². The van der Waals surface area contributed by atoms with Crippen molar-refractivity contribution in [1.29, 1.82) is 0 Å². The first kappa shape index (κ1) is 8.31. The van der Waals surface area contributed by atoms with Gasteiger partial charge in [-0.3, -0.25) is 5.43 Å². The molecule has 66 valence electrons. The number of hydrazine groups is 1. The Kier molecular flexibility index (Phi) is 2.31. The number of benzene rings is 1. The number of hydrogen-bond donors (Lipinski definition) is 2. The van der Waals surface area contributed by atoms with E-state index in [0.717, 1.165) is 6.54 Å². The highest BCUT2D eigenvalue weighted by Crippen LogP contribution is 2.23. The molecule has 0 bridgehead atoms. The zero-order valence-corrected chi connectivity index (χ0v) is 7.33. The SMILES string of the molecule is C#CC1CNNC1c1ccccc1. The summed E-state index contributed by atoms with van der Waals surface area (Å²) in [6.07, 6.45) is 5.43. The fraction of sp³-hybridized carbons (Fsp3) is 0.273. The molecule has 1 aromatic carbocycles. The van der Waals surface area contributed by atoms with Gasteiger partial charge in [-0.05, 0) is 5.56 Å². The Bertz CT molecular complexity index is 313. The lowest BCUT2D eigenvalue weighted by Crippen LogP contribution is -2.24. The molecule has 2 atom stereocenters. The molecule has 1 aliphatic heterocycles. The van der Waals surface area contributed by atoms with Gasteiger partial charge in [0, 0.05) is 6.54 Å². The number of hydrogen-bond acceptors (Lipinski definition) is 2. The summed E-state index contributed by atoms with van der Waals surface area (Å²) in [6.45, 7) is 0.843. The molecule has 0 saturated carbocycles. The average Bonchev–Trinajstić information content (AvgIpc) is 2.67. The zero-order chi connectivity index (χ0) is 9.10. The van der Waals surface area contributed by atoms with E-state index in [-0.39, 0.29) is 12.0 Å². The van der Waals surface area contributed by atoms with Crippen molar-refractivity contribution in [1.82, 2.24) is 10.9 Å². The topological polar surface area (TPSA) is 24.1 Å². The lowest BCUT2D eigenvalue weighted by atomic mass is 9.96. The minimum Gasteiger partial charge on any atom is -0.256 e. The maximum absolute atomic E-state index is 5.43. The summed E-state index contributed by atoms with van der Waals surface area (Å²) in [5, 5.41) is 0. The molecular weight excluding hydrogens is 160 g/mol. The van der Waals surface area contributed by atoms with E-state index in [1.165, 1.54) is 5.56 Å². The van der Waals surface area contributed by atoms with Crippen LogP contribution in [0.3, 0.4) is 0 Å². The van der Waals surface area contributed by atoms with Gasteiger partial charge < -0.3 is 0 Å². The molecule has 0 aromatic heterocycles. The van der Waals surface area contributed by atoms with Crippen LogP contribution in [0.4, 0.5) is 0 Å². The molecular formula is C11H12N2. The Morgan fingerprint density at radius 2 is 2.08 bits per heavy atom. The van der Waals surface area contributed by atoms with Gasteiger partial charge in [0.2, 0.25) is 0 Å². The molecule has 2 unspecified atom stereocenters. The lowest BCUT2D eigenvalue weighted by Gasteiger charge is -2.13. The highest BCUT2D eigenvalue weighted by Gasteiger charge is 2.25. The lowest BCUT2D eigenvalue weighted by molar-refractivity contribution is 0.548. The van der Waals surface area contributed by atoms with Crippen LogP contribution in [0.5, 0.6) is 0 Å². The molecule has 13 heavy (non-hydrogen) atoms. The Morgan fingerprint density at radius 3 is 2.77 bits per heavy atom. The monoisotopic (exact) mass is 172 g/mol. The standard InChI is InChI=1S/C11H12N2/c1-2-9-8-12-13-11(9)10-6-4-3-5-7-10/h1,3-7,9,11-13H,8H2. The van der Waals surface area contributed by atoms with Gasteiger partial charge in [0.1, 0.15) is 0 Å². The molecule has 2 rings (SSSR count). The Balaban J connectivity index is 2.22. The van der Waals surface area contributed by atoms with Gasteiger partial charge in [-0.2, -0.15) is 0 Å². The van der Waals surface area contributed by atoms with Crippen molar-refractivity contribution >= 4 is 0 Å². The first-order chi connectivity index (χ1) is 6.42. The summed E-state index contributed by atoms with van der Waals surface area (Å²) in [7, 11) is 0. The molecule has 1 saturated heterocycles. The van der Waals surface area contributed by atoms with Crippen LogP contribution in [0, 0.1) is 18.3 Å². The predicted octanol–water partition coefficient (Wildman–Crippen LogP) is 1.08. The second-order valence-corrected chi connectivity index (χ2v) is 3.19. The molecule has 0 radical (unpaired) electrons. The van der Waals surface area contributed by atoms with Crippen LogP contribution in [0.2, 0.25) is 0 Å². The summed E-state index contributed by atoms with van der Waals surface area (Å²) < 4.78 is 0. The quantitative estimate of drug-likeness (QED) is 0.619. The third kappa shape index (κ3) is 1.57. The first-order valence-corrected chi connectivity index (χ1v) is 4.41. The van der Waals surface area contributed by atoms with E-state index in [4.69, 9.17) is 6.42 Å². The summed E-state index contributed by atoms with van der Waals surface area (Å²) in [6, 6.07) is 10.5. The van der Waals surface area contributed by atoms with E-state index < -0.39 is 0 Å². The molecule has 0 aliphatic carbocycles. The Labute approximate surface area is 78.3 Å². The highest BCUT2D eigenvalue weighted by molar-refractivity contribution is 5.23. The number of nitrogens with one attached hydrogen (secondary N) is 2. The third-order valence-electron chi connectivity index (χ3n) is 2.35. The molecule has 1 aliphatic rings. The molecule has 2 heteroatoms. The van der Waals surface area contributed by atoms with Crippen molar-refractivity contribution < 1.29 is 0 Å². The second kappa shape index (κ2) is 3.61. The van der Waals surface area contributed by atoms with Crippen LogP contribution in [-0.2, 0) is 0 Å². The molecule has 0 amide bonds. The molecule has 0 spiro atoms. The van der Waals surface area contributed by atoms with Gasteiger partial charge >= 0.3 is 0 Å². The molecule has 2 N–H and O–H groups in total. The second-order valence-electron chi connectivity index (χ2n) is 3.19. The summed E-state index contributed by atoms with van der Waals surface area (Å²) in [5.41, 5.74) is 7.51. The van der Waals surface area contributed by atoms with E-state index in [2.05, 4.69) is 28.9 Å². The van der Waals surface area contributed by atoms with E-state index in [1.54, 1.807) is 0 Å². The van der Waals surface area contributed by atoms with Crippen molar-refractivity contribution in [2.24, 2.45) is 5.92 Å². The normalized spacial score (nSPS) is 27.0. The van der Waals surface area contributed by atoms with Crippen molar-refractivity contribution in [3.8, 4) is 12.3 Å². The van der Waals surface area contributed by atoms with E-state index in [9.17, 15) is 0 Å².